The highest BCUT2D eigenvalue weighted by Gasteiger charge is 2.03. The maximum Gasteiger partial charge on any atom is 0.161 e. The van der Waals surface area contributed by atoms with E-state index < -0.39 is 0 Å². The van der Waals surface area contributed by atoms with Gasteiger partial charge in [-0.3, -0.25) is 4.79 Å². The molecule has 0 aromatic heterocycles. The molecule has 156 valence electrons. The van der Waals surface area contributed by atoms with Gasteiger partial charge in [-0.15, -0.1) is 0 Å². The highest BCUT2D eigenvalue weighted by molar-refractivity contribution is 5.90. The van der Waals surface area contributed by atoms with Gasteiger partial charge in [0.25, 0.3) is 0 Å². The van der Waals surface area contributed by atoms with Crippen LogP contribution >= 0.6 is 0 Å². The second-order valence-electron chi connectivity index (χ2n) is 7.11. The monoisotopic (exact) mass is 388 g/mol. The van der Waals surface area contributed by atoms with Gasteiger partial charge in [-0.1, -0.05) is 70.4 Å². The molecule has 0 saturated carbocycles. The van der Waals surface area contributed by atoms with Crippen molar-refractivity contribution in [1.82, 2.24) is 0 Å². The van der Waals surface area contributed by atoms with E-state index >= 15 is 0 Å². The minimum Gasteiger partial charge on any atom is -0.508 e. The van der Waals surface area contributed by atoms with Crippen molar-refractivity contribution in [2.45, 2.75) is 78.1 Å². The third-order valence-corrected chi connectivity index (χ3v) is 4.57. The van der Waals surface area contributed by atoms with Crippen LogP contribution in [0.1, 0.15) is 83.6 Å². The fourth-order valence-electron chi connectivity index (χ4n) is 2.98. The molecule has 0 unspecified atom stereocenters. The number of rotatable bonds is 15. The number of hydrogen-bond acceptors (Lipinski definition) is 4. The number of carbonyl (C=O) groups excluding carboxylic acids is 1. The van der Waals surface area contributed by atoms with Crippen molar-refractivity contribution in [2.75, 3.05) is 6.61 Å². The molecule has 28 heavy (non-hydrogen) atoms. The lowest BCUT2D eigenvalue weighted by atomic mass is 10.1. The summed E-state index contributed by atoms with van der Waals surface area (Å²) in [4.78, 5) is 11.9. The van der Waals surface area contributed by atoms with Crippen molar-refractivity contribution in [1.29, 1.82) is 0 Å². The first-order chi connectivity index (χ1) is 13.6. The summed E-state index contributed by atoms with van der Waals surface area (Å²) in [5.74, 6) is 0.363. The Morgan fingerprint density at radius 3 is 2.29 bits per heavy atom. The maximum atomic E-state index is 11.9. The summed E-state index contributed by atoms with van der Waals surface area (Å²) in [5.41, 5.74) is 0.771. The smallest absolute Gasteiger partial charge is 0.161 e. The van der Waals surface area contributed by atoms with Crippen molar-refractivity contribution in [3.05, 3.63) is 41.7 Å². The fourth-order valence-corrected chi connectivity index (χ4v) is 2.98. The van der Waals surface area contributed by atoms with Crippen molar-refractivity contribution in [2.24, 2.45) is 0 Å². The van der Waals surface area contributed by atoms with Crippen LogP contribution in [0.3, 0.4) is 0 Å². The van der Waals surface area contributed by atoms with Crippen LogP contribution < -0.4 is 4.74 Å². The molecule has 0 bridgehead atoms. The Kier molecular flexibility index (Phi) is 12.6. The second kappa shape index (κ2) is 14.8. The molecular weight excluding hydrogens is 352 g/mol. The molecule has 0 aliphatic heterocycles. The van der Waals surface area contributed by atoms with E-state index in [2.05, 4.69) is 6.92 Å². The highest BCUT2D eigenvalue weighted by Crippen LogP contribution is 2.27. The summed E-state index contributed by atoms with van der Waals surface area (Å²) in [7, 11) is 0. The number of aliphatic hydroxyl groups excluding tert-OH is 1. The molecule has 2 N–H and O–H groups in total. The minimum absolute atomic E-state index is 0.0502. The molecule has 0 heterocycles. The lowest BCUT2D eigenvalue weighted by Crippen LogP contribution is -1.94. The lowest BCUT2D eigenvalue weighted by molar-refractivity contribution is -0.114. The quantitative estimate of drug-likeness (QED) is 0.151. The molecule has 0 amide bonds. The summed E-state index contributed by atoms with van der Waals surface area (Å²) in [5, 5.41) is 19.6. The van der Waals surface area contributed by atoms with Gasteiger partial charge in [0.05, 0.1) is 6.61 Å². The van der Waals surface area contributed by atoms with Gasteiger partial charge < -0.3 is 14.9 Å². The number of hydrogen-bond donors (Lipinski definition) is 2. The number of benzene rings is 1. The van der Waals surface area contributed by atoms with Crippen molar-refractivity contribution >= 4 is 11.9 Å². The van der Waals surface area contributed by atoms with Gasteiger partial charge in [0, 0.05) is 12.5 Å². The van der Waals surface area contributed by atoms with Crippen LogP contribution in [0.15, 0.2) is 36.1 Å². The molecular formula is C24H36O4. The zero-order chi connectivity index (χ0) is 20.6. The van der Waals surface area contributed by atoms with E-state index in [0.717, 1.165) is 18.4 Å². The third-order valence-electron chi connectivity index (χ3n) is 4.57. The van der Waals surface area contributed by atoms with Crippen LogP contribution in [0.25, 0.3) is 6.08 Å². The van der Waals surface area contributed by atoms with Crippen LogP contribution in [0.2, 0.25) is 0 Å². The number of phenolic OH excluding ortho intramolecular Hbond substituents is 1. The topological polar surface area (TPSA) is 66.8 Å². The van der Waals surface area contributed by atoms with E-state index in [1.165, 1.54) is 57.1 Å². The number of allylic oxidation sites excluding steroid dienone is 2. The van der Waals surface area contributed by atoms with E-state index in [1.807, 2.05) is 6.92 Å². The molecule has 0 aliphatic carbocycles. The van der Waals surface area contributed by atoms with Crippen molar-refractivity contribution in [3.63, 3.8) is 0 Å². The molecule has 0 atom stereocenters. The van der Waals surface area contributed by atoms with E-state index in [4.69, 9.17) is 4.74 Å². The highest BCUT2D eigenvalue weighted by atomic mass is 16.5. The normalized spacial score (nSPS) is 11.9. The average molecular weight is 389 g/mol. The second-order valence-corrected chi connectivity index (χ2v) is 7.11. The molecule has 0 saturated heterocycles. The largest absolute Gasteiger partial charge is 0.508 e. The number of carbonyl (C=O) groups is 1. The first-order valence-electron chi connectivity index (χ1n) is 10.6. The standard InChI is InChI=1S/C24H36O4/c1-3-5-6-7-8-9-10-11-12-13-21(25)19-22(26)16-14-20-15-17-23(27)24(18-20)28-4-2/h14-19,26-27H,3-13H2,1-2H3. The number of phenols is 1. The molecule has 4 heteroatoms. The number of ketones is 1. The van der Waals surface area contributed by atoms with Crippen molar-refractivity contribution < 1.29 is 19.7 Å². The van der Waals surface area contributed by atoms with Crippen LogP contribution in [-0.4, -0.2) is 22.6 Å². The predicted molar refractivity (Wildman–Crippen MR) is 116 cm³/mol. The minimum atomic E-state index is -0.0630. The first-order valence-corrected chi connectivity index (χ1v) is 10.6. The SMILES string of the molecule is CCCCCCCCCCCC(=O)C=C(O)C=Cc1ccc(O)c(OCC)c1. The Bertz CT molecular complexity index is 631. The summed E-state index contributed by atoms with van der Waals surface area (Å²) in [6, 6.07) is 4.94. The molecule has 1 rings (SSSR count). The Balaban J connectivity index is 2.30. The molecule has 0 fully saturated rings. The lowest BCUT2D eigenvalue weighted by Gasteiger charge is -2.06. The number of unbranched alkanes of at least 4 members (excludes halogenated alkanes) is 8. The first kappa shape index (κ1) is 23.8. The molecule has 0 spiro atoms. The average Bonchev–Trinajstić information content (AvgIpc) is 2.67. The fraction of sp³-hybridized carbons (Fsp3) is 0.542. The van der Waals surface area contributed by atoms with Gasteiger partial charge in [-0.2, -0.15) is 0 Å². The number of aromatic hydroxyl groups is 1. The number of ether oxygens (including phenoxy) is 1. The summed E-state index contributed by atoms with van der Waals surface area (Å²) >= 11 is 0. The van der Waals surface area contributed by atoms with Crippen LogP contribution in [0.4, 0.5) is 0 Å². The zero-order valence-corrected chi connectivity index (χ0v) is 17.5. The van der Waals surface area contributed by atoms with Crippen molar-refractivity contribution in [3.8, 4) is 11.5 Å². The van der Waals surface area contributed by atoms with Gasteiger partial charge in [0.15, 0.2) is 17.3 Å². The van der Waals surface area contributed by atoms with Gasteiger partial charge in [0.2, 0.25) is 0 Å². The number of aliphatic hydroxyl groups is 1. The zero-order valence-electron chi connectivity index (χ0n) is 17.5. The van der Waals surface area contributed by atoms with E-state index in [9.17, 15) is 15.0 Å². The van der Waals surface area contributed by atoms with E-state index in [1.54, 1.807) is 24.3 Å². The predicted octanol–water partition coefficient (Wildman–Crippen LogP) is 6.74. The molecule has 1 aromatic carbocycles. The summed E-state index contributed by atoms with van der Waals surface area (Å²) in [6.07, 6.45) is 15.8. The molecule has 0 aliphatic rings. The van der Waals surface area contributed by atoms with Gasteiger partial charge in [-0.25, -0.2) is 0 Å². The maximum absolute atomic E-state index is 11.9. The molecule has 1 aromatic rings. The Morgan fingerprint density at radius 2 is 1.64 bits per heavy atom. The summed E-state index contributed by atoms with van der Waals surface area (Å²) in [6.45, 7) is 4.53. The van der Waals surface area contributed by atoms with Crippen LogP contribution in [0.5, 0.6) is 11.5 Å². The summed E-state index contributed by atoms with van der Waals surface area (Å²) < 4.78 is 5.33. The third kappa shape index (κ3) is 10.8. The van der Waals surface area contributed by atoms with Crippen LogP contribution in [0, 0.1) is 0 Å². The van der Waals surface area contributed by atoms with Gasteiger partial charge in [-0.05, 0) is 37.1 Å². The van der Waals surface area contributed by atoms with Crippen LogP contribution in [-0.2, 0) is 4.79 Å². The van der Waals surface area contributed by atoms with E-state index in [0.29, 0.717) is 18.8 Å². The Morgan fingerprint density at radius 1 is 1.00 bits per heavy atom. The Hall–Kier alpha value is -2.23. The Labute approximate surface area is 169 Å². The van der Waals surface area contributed by atoms with Gasteiger partial charge in [0.1, 0.15) is 5.76 Å². The molecule has 4 nitrogen and oxygen atoms in total. The molecule has 0 radical (unpaired) electrons. The van der Waals surface area contributed by atoms with E-state index in [-0.39, 0.29) is 17.3 Å². The van der Waals surface area contributed by atoms with Gasteiger partial charge >= 0.3 is 0 Å².